The van der Waals surface area contributed by atoms with Crippen molar-refractivity contribution in [2.75, 3.05) is 20.3 Å². The first kappa shape index (κ1) is 17.4. The van der Waals surface area contributed by atoms with Crippen LogP contribution in [0.1, 0.15) is 12.5 Å². The van der Waals surface area contributed by atoms with Gasteiger partial charge in [-0.2, -0.15) is 4.72 Å². The molecule has 0 aliphatic carbocycles. The summed E-state index contributed by atoms with van der Waals surface area (Å²) in [6.45, 7) is 3.03. The van der Waals surface area contributed by atoms with Gasteiger partial charge in [-0.3, -0.25) is 4.79 Å². The summed E-state index contributed by atoms with van der Waals surface area (Å²) in [5.41, 5.74) is 0.678. The molecule has 0 spiro atoms. The average molecular weight is 316 g/mol. The van der Waals surface area contributed by atoms with Crippen LogP contribution >= 0.6 is 0 Å². The highest BCUT2D eigenvalue weighted by Crippen LogP contribution is 2.21. The fourth-order valence-corrected chi connectivity index (χ4v) is 2.99. The van der Waals surface area contributed by atoms with Crippen molar-refractivity contribution in [3.8, 4) is 5.75 Å². The second kappa shape index (κ2) is 7.39. The highest BCUT2D eigenvalue weighted by molar-refractivity contribution is 7.89. The summed E-state index contributed by atoms with van der Waals surface area (Å²) in [4.78, 5) is 11.7. The molecule has 7 nitrogen and oxygen atoms in total. The molecular formula is C13H20N2O5S. The van der Waals surface area contributed by atoms with Crippen LogP contribution in [0.3, 0.4) is 0 Å². The fourth-order valence-electron chi connectivity index (χ4n) is 1.70. The fraction of sp³-hybridized carbons (Fsp3) is 0.462. The Labute approximate surface area is 124 Å². The van der Waals surface area contributed by atoms with Gasteiger partial charge < -0.3 is 15.2 Å². The number of aliphatic hydroxyl groups excluding tert-OH is 1. The summed E-state index contributed by atoms with van der Waals surface area (Å²) in [5, 5.41) is 11.0. The molecule has 118 valence electrons. The summed E-state index contributed by atoms with van der Waals surface area (Å²) < 4.78 is 31.7. The summed E-state index contributed by atoms with van der Waals surface area (Å²) >= 11 is 0. The zero-order valence-electron chi connectivity index (χ0n) is 12.2. The first-order chi connectivity index (χ1) is 9.81. The van der Waals surface area contributed by atoms with Crippen LogP contribution in [0.2, 0.25) is 0 Å². The summed E-state index contributed by atoms with van der Waals surface area (Å²) in [7, 11) is -2.30. The normalized spacial score (nSPS) is 12.8. The van der Waals surface area contributed by atoms with E-state index in [1.165, 1.54) is 26.2 Å². The number of hydrogen-bond acceptors (Lipinski definition) is 5. The Kier molecular flexibility index (Phi) is 6.13. The van der Waals surface area contributed by atoms with Crippen LogP contribution in [-0.4, -0.2) is 45.7 Å². The van der Waals surface area contributed by atoms with Gasteiger partial charge in [-0.05, 0) is 37.6 Å². The minimum atomic E-state index is -3.81. The van der Waals surface area contributed by atoms with Crippen LogP contribution in [0, 0.1) is 6.92 Å². The Morgan fingerprint density at radius 2 is 2.10 bits per heavy atom. The summed E-state index contributed by atoms with van der Waals surface area (Å²) in [6.07, 6.45) is 0. The number of carbonyl (C=O) groups is 1. The molecule has 1 aromatic rings. The van der Waals surface area contributed by atoms with Gasteiger partial charge in [-0.15, -0.1) is 0 Å². The SMILES string of the molecule is COc1ccc(S(=O)(=O)NC(C)C(=O)NCCO)cc1C. The molecule has 0 saturated heterocycles. The van der Waals surface area contributed by atoms with Gasteiger partial charge >= 0.3 is 0 Å². The second-order valence-electron chi connectivity index (χ2n) is 4.49. The Morgan fingerprint density at radius 1 is 1.43 bits per heavy atom. The number of carbonyl (C=O) groups excluding carboxylic acids is 1. The lowest BCUT2D eigenvalue weighted by molar-refractivity contribution is -0.122. The van der Waals surface area contributed by atoms with Crippen molar-refractivity contribution < 1.29 is 23.1 Å². The summed E-state index contributed by atoms with van der Waals surface area (Å²) in [6, 6.07) is 3.50. The van der Waals surface area contributed by atoms with E-state index in [0.29, 0.717) is 11.3 Å². The van der Waals surface area contributed by atoms with Gasteiger partial charge in [0.05, 0.1) is 24.7 Å². The third kappa shape index (κ3) is 4.69. The maximum Gasteiger partial charge on any atom is 0.241 e. The van der Waals surface area contributed by atoms with E-state index in [9.17, 15) is 13.2 Å². The average Bonchev–Trinajstić information content (AvgIpc) is 2.44. The lowest BCUT2D eigenvalue weighted by Gasteiger charge is -2.15. The predicted octanol–water partition coefficient (Wildman–Crippen LogP) is -0.221. The van der Waals surface area contributed by atoms with Crippen molar-refractivity contribution in [2.45, 2.75) is 24.8 Å². The molecule has 3 N–H and O–H groups in total. The number of aryl methyl sites for hydroxylation is 1. The van der Waals surface area contributed by atoms with Crippen molar-refractivity contribution in [1.82, 2.24) is 10.0 Å². The van der Waals surface area contributed by atoms with Gasteiger partial charge in [0.1, 0.15) is 5.75 Å². The highest BCUT2D eigenvalue weighted by Gasteiger charge is 2.22. The molecule has 1 unspecified atom stereocenters. The van der Waals surface area contributed by atoms with Crippen LogP contribution < -0.4 is 14.8 Å². The maximum absolute atomic E-state index is 12.2. The van der Waals surface area contributed by atoms with E-state index in [4.69, 9.17) is 9.84 Å². The first-order valence-electron chi connectivity index (χ1n) is 6.37. The van der Waals surface area contributed by atoms with Crippen LogP contribution in [0.5, 0.6) is 5.75 Å². The molecule has 1 rings (SSSR count). The third-order valence-corrected chi connectivity index (χ3v) is 4.35. The zero-order valence-corrected chi connectivity index (χ0v) is 13.0. The van der Waals surface area contributed by atoms with E-state index in [1.807, 2.05) is 0 Å². The molecule has 1 amide bonds. The topological polar surface area (TPSA) is 105 Å². The standard InChI is InChI=1S/C13H20N2O5S/c1-9-8-11(4-5-12(9)20-3)21(18,19)15-10(2)13(17)14-6-7-16/h4-5,8,10,15-16H,6-7H2,1-3H3,(H,14,17). The second-order valence-corrected chi connectivity index (χ2v) is 6.20. The van der Waals surface area contributed by atoms with Gasteiger partial charge in [0.25, 0.3) is 0 Å². The molecule has 0 aromatic heterocycles. The summed E-state index contributed by atoms with van der Waals surface area (Å²) in [5.74, 6) is 0.0838. The number of rotatable bonds is 7. The van der Waals surface area contributed by atoms with Crippen molar-refractivity contribution >= 4 is 15.9 Å². The lowest BCUT2D eigenvalue weighted by atomic mass is 10.2. The molecule has 0 aliphatic heterocycles. The van der Waals surface area contributed by atoms with Gasteiger partial charge in [0, 0.05) is 6.54 Å². The number of nitrogens with one attached hydrogen (secondary N) is 2. The van der Waals surface area contributed by atoms with E-state index >= 15 is 0 Å². The van der Waals surface area contributed by atoms with Gasteiger partial charge in [0.2, 0.25) is 15.9 Å². The maximum atomic E-state index is 12.2. The van der Waals surface area contributed by atoms with Crippen molar-refractivity contribution in [1.29, 1.82) is 0 Å². The lowest BCUT2D eigenvalue weighted by Crippen LogP contribution is -2.45. The van der Waals surface area contributed by atoms with E-state index in [-0.39, 0.29) is 18.0 Å². The molecule has 0 heterocycles. The monoisotopic (exact) mass is 316 g/mol. The van der Waals surface area contributed by atoms with Gasteiger partial charge in [-0.1, -0.05) is 0 Å². The minimum Gasteiger partial charge on any atom is -0.496 e. The molecule has 21 heavy (non-hydrogen) atoms. The van der Waals surface area contributed by atoms with Crippen LogP contribution in [0.4, 0.5) is 0 Å². The number of amides is 1. The number of methoxy groups -OCH3 is 1. The van der Waals surface area contributed by atoms with Crippen molar-refractivity contribution in [3.05, 3.63) is 23.8 Å². The molecule has 1 atom stereocenters. The Hall–Kier alpha value is -1.64. The van der Waals surface area contributed by atoms with E-state index in [0.717, 1.165) is 0 Å². The Morgan fingerprint density at radius 3 is 2.62 bits per heavy atom. The molecule has 0 saturated carbocycles. The van der Waals surface area contributed by atoms with Gasteiger partial charge in [-0.25, -0.2) is 8.42 Å². The van der Waals surface area contributed by atoms with Gasteiger partial charge in [0.15, 0.2) is 0 Å². The molecule has 0 bridgehead atoms. The number of benzene rings is 1. The van der Waals surface area contributed by atoms with Crippen LogP contribution in [0.25, 0.3) is 0 Å². The molecule has 0 radical (unpaired) electrons. The van der Waals surface area contributed by atoms with Crippen molar-refractivity contribution in [3.63, 3.8) is 0 Å². The molecular weight excluding hydrogens is 296 g/mol. The smallest absolute Gasteiger partial charge is 0.241 e. The molecule has 8 heteroatoms. The Balaban J connectivity index is 2.86. The quantitative estimate of drug-likeness (QED) is 0.645. The van der Waals surface area contributed by atoms with Crippen LogP contribution in [0.15, 0.2) is 23.1 Å². The minimum absolute atomic E-state index is 0.0580. The zero-order chi connectivity index (χ0) is 16.0. The Bertz CT molecular complexity index is 601. The molecule has 0 fully saturated rings. The number of hydrogen-bond donors (Lipinski definition) is 3. The highest BCUT2D eigenvalue weighted by atomic mass is 32.2. The van der Waals surface area contributed by atoms with Crippen molar-refractivity contribution in [2.24, 2.45) is 0 Å². The van der Waals surface area contributed by atoms with Crippen LogP contribution in [-0.2, 0) is 14.8 Å². The molecule has 1 aromatic carbocycles. The molecule has 0 aliphatic rings. The number of aliphatic hydroxyl groups is 1. The predicted molar refractivity (Wildman–Crippen MR) is 77.6 cm³/mol. The third-order valence-electron chi connectivity index (χ3n) is 2.81. The van der Waals surface area contributed by atoms with E-state index in [1.54, 1.807) is 13.0 Å². The van der Waals surface area contributed by atoms with E-state index < -0.39 is 22.0 Å². The number of ether oxygens (including phenoxy) is 1. The largest absolute Gasteiger partial charge is 0.496 e. The first-order valence-corrected chi connectivity index (χ1v) is 7.85. The number of sulfonamides is 1. The van der Waals surface area contributed by atoms with E-state index in [2.05, 4.69) is 10.0 Å².